The fourth-order valence-corrected chi connectivity index (χ4v) is 2.63. The molecule has 1 fully saturated rings. The number of hydrogen-bond donors (Lipinski definition) is 0. The van der Waals surface area contributed by atoms with Gasteiger partial charge in [0, 0.05) is 19.3 Å². The molecule has 5 heteroatoms. The maximum absolute atomic E-state index is 11.5. The number of ether oxygens (including phenoxy) is 1. The van der Waals surface area contributed by atoms with E-state index in [9.17, 15) is 4.79 Å². The van der Waals surface area contributed by atoms with Crippen LogP contribution in [-0.2, 0) is 9.53 Å². The summed E-state index contributed by atoms with van der Waals surface area (Å²) in [7, 11) is 1.45. The van der Waals surface area contributed by atoms with Crippen LogP contribution < -0.4 is 4.90 Å². The van der Waals surface area contributed by atoms with Crippen LogP contribution in [0.2, 0.25) is 0 Å². The van der Waals surface area contributed by atoms with Crippen LogP contribution in [0.15, 0.2) is 29.0 Å². The van der Waals surface area contributed by atoms with Crippen molar-refractivity contribution in [2.75, 3.05) is 25.1 Å². The van der Waals surface area contributed by atoms with Crippen molar-refractivity contribution in [3.63, 3.8) is 0 Å². The molecule has 19 heavy (non-hydrogen) atoms. The number of hydrogen-bond acceptors (Lipinski definition) is 5. The summed E-state index contributed by atoms with van der Waals surface area (Å²) < 4.78 is 10.2. The molecule has 100 valence electrons. The first-order valence-corrected chi connectivity index (χ1v) is 6.44. The first-order chi connectivity index (χ1) is 9.29. The molecule has 0 amide bonds. The molecule has 3 rings (SSSR count). The summed E-state index contributed by atoms with van der Waals surface area (Å²) in [4.78, 5) is 18.2. The molecule has 0 unspecified atom stereocenters. The molecule has 1 aliphatic rings. The number of carbonyl (C=O) groups excluding carboxylic acids is 1. The third kappa shape index (κ3) is 2.16. The Bertz CT molecular complexity index is 585. The molecule has 3 heterocycles. The Morgan fingerprint density at radius 2 is 2.21 bits per heavy atom. The number of anilines is 1. The van der Waals surface area contributed by atoms with E-state index < -0.39 is 0 Å². The minimum atomic E-state index is -0.103. The smallest absolute Gasteiger partial charge is 0.308 e. The minimum absolute atomic E-state index is 0.0183. The summed E-state index contributed by atoms with van der Waals surface area (Å²) >= 11 is 0. The molecule has 0 atom stereocenters. The first kappa shape index (κ1) is 12.0. The summed E-state index contributed by atoms with van der Waals surface area (Å²) in [6.07, 6.45) is 5.05. The highest BCUT2D eigenvalue weighted by molar-refractivity contribution is 5.88. The van der Waals surface area contributed by atoms with E-state index in [0.29, 0.717) is 0 Å². The van der Waals surface area contributed by atoms with Crippen molar-refractivity contribution in [3.05, 3.63) is 24.6 Å². The maximum atomic E-state index is 11.5. The molecule has 0 aliphatic carbocycles. The number of methoxy groups -OCH3 is 1. The van der Waals surface area contributed by atoms with Gasteiger partial charge >= 0.3 is 5.97 Å². The van der Waals surface area contributed by atoms with Gasteiger partial charge in [-0.1, -0.05) is 0 Å². The Hall–Kier alpha value is -2.04. The molecule has 0 N–H and O–H groups in total. The lowest BCUT2D eigenvalue weighted by atomic mass is 9.97. The van der Waals surface area contributed by atoms with E-state index in [0.717, 1.165) is 42.7 Å². The standard InChI is InChI=1S/C14H16N2O3/c1-18-14(17)10-3-7-16(8-4-10)13-11-5-9-19-12(11)2-6-15-13/h2,5-6,9-10H,3-4,7-8H2,1H3. The van der Waals surface area contributed by atoms with Gasteiger partial charge in [0.15, 0.2) is 0 Å². The molecule has 1 aliphatic heterocycles. The Labute approximate surface area is 111 Å². The molecule has 0 radical (unpaired) electrons. The average Bonchev–Trinajstić information content (AvgIpc) is 2.95. The van der Waals surface area contributed by atoms with Crippen molar-refractivity contribution >= 4 is 22.8 Å². The monoisotopic (exact) mass is 260 g/mol. The van der Waals surface area contributed by atoms with E-state index in [1.54, 1.807) is 12.5 Å². The lowest BCUT2D eigenvalue weighted by Crippen LogP contribution is -2.37. The zero-order chi connectivity index (χ0) is 13.2. The molecule has 0 bridgehead atoms. The second-order valence-corrected chi connectivity index (χ2v) is 4.75. The van der Waals surface area contributed by atoms with Gasteiger partial charge in [0.2, 0.25) is 0 Å². The van der Waals surface area contributed by atoms with E-state index in [1.807, 2.05) is 12.1 Å². The Kier molecular flexibility index (Phi) is 3.11. The summed E-state index contributed by atoms with van der Waals surface area (Å²) in [6.45, 7) is 1.63. The van der Waals surface area contributed by atoms with Crippen molar-refractivity contribution in [2.45, 2.75) is 12.8 Å². The second-order valence-electron chi connectivity index (χ2n) is 4.75. The zero-order valence-corrected chi connectivity index (χ0v) is 10.8. The number of esters is 1. The van der Waals surface area contributed by atoms with E-state index >= 15 is 0 Å². The van der Waals surface area contributed by atoms with Crippen molar-refractivity contribution in [1.82, 2.24) is 4.98 Å². The van der Waals surface area contributed by atoms with E-state index in [2.05, 4.69) is 9.88 Å². The fraction of sp³-hybridized carbons (Fsp3) is 0.429. The van der Waals surface area contributed by atoms with Crippen molar-refractivity contribution < 1.29 is 13.9 Å². The molecule has 5 nitrogen and oxygen atoms in total. The van der Waals surface area contributed by atoms with Crippen LogP contribution in [0.25, 0.3) is 11.0 Å². The van der Waals surface area contributed by atoms with Gasteiger partial charge in [0.25, 0.3) is 0 Å². The summed E-state index contributed by atoms with van der Waals surface area (Å²) in [5.41, 5.74) is 0.847. The summed E-state index contributed by atoms with van der Waals surface area (Å²) in [6, 6.07) is 3.80. The lowest BCUT2D eigenvalue weighted by Gasteiger charge is -2.31. The average molecular weight is 260 g/mol. The van der Waals surface area contributed by atoms with Crippen LogP contribution in [0, 0.1) is 5.92 Å². The number of furan rings is 1. The largest absolute Gasteiger partial charge is 0.469 e. The van der Waals surface area contributed by atoms with Crippen LogP contribution in [0.1, 0.15) is 12.8 Å². The Balaban J connectivity index is 1.78. The van der Waals surface area contributed by atoms with Crippen LogP contribution in [0.5, 0.6) is 0 Å². The van der Waals surface area contributed by atoms with Crippen LogP contribution in [-0.4, -0.2) is 31.2 Å². The summed E-state index contributed by atoms with van der Waals surface area (Å²) in [5, 5.41) is 1.03. The van der Waals surface area contributed by atoms with Gasteiger partial charge in [0.1, 0.15) is 11.4 Å². The number of nitrogens with zero attached hydrogens (tertiary/aromatic N) is 2. The zero-order valence-electron chi connectivity index (χ0n) is 10.8. The molecule has 0 aromatic carbocycles. The Morgan fingerprint density at radius 1 is 1.42 bits per heavy atom. The highest BCUT2D eigenvalue weighted by atomic mass is 16.5. The van der Waals surface area contributed by atoms with E-state index in [1.165, 1.54) is 7.11 Å². The van der Waals surface area contributed by atoms with Crippen molar-refractivity contribution in [3.8, 4) is 0 Å². The second kappa shape index (κ2) is 4.91. The predicted octanol–water partition coefficient (Wildman–Crippen LogP) is 2.22. The van der Waals surface area contributed by atoms with Crippen molar-refractivity contribution in [2.24, 2.45) is 5.92 Å². The third-order valence-electron chi connectivity index (χ3n) is 3.69. The molecule has 0 saturated carbocycles. The lowest BCUT2D eigenvalue weighted by molar-refractivity contribution is -0.146. The molecule has 0 spiro atoms. The SMILES string of the molecule is COC(=O)C1CCN(c2nccc3occc23)CC1. The number of rotatable bonds is 2. The van der Waals surface area contributed by atoms with Gasteiger partial charge in [-0.3, -0.25) is 4.79 Å². The first-order valence-electron chi connectivity index (χ1n) is 6.44. The predicted molar refractivity (Wildman–Crippen MR) is 71.0 cm³/mol. The number of aromatic nitrogens is 1. The van der Waals surface area contributed by atoms with Gasteiger partial charge in [-0.25, -0.2) is 4.98 Å². The highest BCUT2D eigenvalue weighted by Gasteiger charge is 2.26. The number of carbonyl (C=O) groups is 1. The molecule has 2 aromatic rings. The molecule has 1 saturated heterocycles. The highest BCUT2D eigenvalue weighted by Crippen LogP contribution is 2.29. The molecule has 2 aromatic heterocycles. The maximum Gasteiger partial charge on any atom is 0.308 e. The van der Waals surface area contributed by atoms with E-state index in [4.69, 9.17) is 9.15 Å². The van der Waals surface area contributed by atoms with Gasteiger partial charge in [0.05, 0.1) is 24.7 Å². The topological polar surface area (TPSA) is 55.6 Å². The van der Waals surface area contributed by atoms with Gasteiger partial charge in [-0.05, 0) is 25.0 Å². The van der Waals surface area contributed by atoms with Gasteiger partial charge in [-0.2, -0.15) is 0 Å². The quantitative estimate of drug-likeness (QED) is 0.775. The molecular formula is C14H16N2O3. The van der Waals surface area contributed by atoms with Crippen LogP contribution in [0.3, 0.4) is 0 Å². The van der Waals surface area contributed by atoms with Crippen molar-refractivity contribution in [1.29, 1.82) is 0 Å². The summed E-state index contributed by atoms with van der Waals surface area (Å²) in [5.74, 6) is 0.855. The van der Waals surface area contributed by atoms with Crippen LogP contribution in [0.4, 0.5) is 5.82 Å². The normalized spacial score (nSPS) is 16.8. The number of fused-ring (bicyclic) bond motifs is 1. The van der Waals surface area contributed by atoms with E-state index in [-0.39, 0.29) is 11.9 Å². The number of pyridine rings is 1. The van der Waals surface area contributed by atoms with Gasteiger partial charge < -0.3 is 14.1 Å². The minimum Gasteiger partial charge on any atom is -0.469 e. The van der Waals surface area contributed by atoms with Gasteiger partial charge in [-0.15, -0.1) is 0 Å². The molecular weight excluding hydrogens is 244 g/mol. The fourth-order valence-electron chi connectivity index (χ4n) is 2.63. The van der Waals surface area contributed by atoms with Crippen LogP contribution >= 0.6 is 0 Å². The Morgan fingerprint density at radius 3 is 2.95 bits per heavy atom. The third-order valence-corrected chi connectivity index (χ3v) is 3.69. The number of piperidine rings is 1.